The van der Waals surface area contributed by atoms with E-state index in [1.54, 1.807) is 0 Å². The summed E-state index contributed by atoms with van der Waals surface area (Å²) in [4.78, 5) is 16.7. The summed E-state index contributed by atoms with van der Waals surface area (Å²) in [7, 11) is 4.11. The van der Waals surface area contributed by atoms with Crippen molar-refractivity contribution in [2.45, 2.75) is 57.1 Å². The molecule has 4 heteroatoms. The van der Waals surface area contributed by atoms with Crippen LogP contribution in [-0.2, 0) is 4.79 Å². The van der Waals surface area contributed by atoms with E-state index in [2.05, 4.69) is 11.9 Å². The minimum absolute atomic E-state index is 0.141. The quantitative estimate of drug-likeness (QED) is 0.843. The smallest absolute Gasteiger partial charge is 0.225 e. The van der Waals surface area contributed by atoms with Gasteiger partial charge in [0.2, 0.25) is 5.91 Å². The summed E-state index contributed by atoms with van der Waals surface area (Å²) >= 11 is 0. The van der Waals surface area contributed by atoms with Gasteiger partial charge in [-0.3, -0.25) is 4.79 Å². The van der Waals surface area contributed by atoms with Gasteiger partial charge in [-0.25, -0.2) is 0 Å². The van der Waals surface area contributed by atoms with Crippen LogP contribution >= 0.6 is 0 Å². The standard InChI is InChI=1S/C15H28N2O2/c1-16-10-4-3-5-13(16)11-17(2)15(19)12-6-8-14(18)9-7-12/h12-14,18H,3-11H2,1-2H3/t12?,13-,14?/m1/s1. The van der Waals surface area contributed by atoms with Crippen LogP contribution in [-0.4, -0.2) is 60.1 Å². The number of likely N-dealkylation sites (tertiary alicyclic amines) is 1. The lowest BCUT2D eigenvalue weighted by Crippen LogP contribution is -2.47. The molecule has 1 amide bonds. The molecule has 0 aromatic rings. The largest absolute Gasteiger partial charge is 0.393 e. The maximum atomic E-state index is 12.4. The number of aliphatic hydroxyl groups excluding tert-OH is 1. The Balaban J connectivity index is 1.81. The summed E-state index contributed by atoms with van der Waals surface area (Å²) < 4.78 is 0. The number of nitrogens with zero attached hydrogens (tertiary/aromatic N) is 2. The van der Waals surface area contributed by atoms with Crippen LogP contribution in [0.4, 0.5) is 0 Å². The van der Waals surface area contributed by atoms with Gasteiger partial charge in [-0.05, 0) is 52.1 Å². The van der Waals surface area contributed by atoms with E-state index in [1.807, 2.05) is 11.9 Å². The highest BCUT2D eigenvalue weighted by atomic mass is 16.3. The predicted octanol–water partition coefficient (Wildman–Crippen LogP) is 1.48. The number of carbonyl (C=O) groups excluding carboxylic acids is 1. The van der Waals surface area contributed by atoms with Crippen molar-refractivity contribution in [3.63, 3.8) is 0 Å². The zero-order chi connectivity index (χ0) is 13.8. The second-order valence-electron chi connectivity index (χ2n) is 6.35. The molecule has 0 bridgehead atoms. The Bertz CT molecular complexity index is 301. The van der Waals surface area contributed by atoms with Crippen LogP contribution in [0.2, 0.25) is 0 Å². The zero-order valence-corrected chi connectivity index (χ0v) is 12.3. The van der Waals surface area contributed by atoms with Crippen molar-refractivity contribution < 1.29 is 9.90 Å². The molecule has 4 nitrogen and oxygen atoms in total. The Labute approximate surface area is 116 Å². The summed E-state index contributed by atoms with van der Waals surface area (Å²) in [5.74, 6) is 0.424. The Morgan fingerprint density at radius 3 is 2.53 bits per heavy atom. The molecular formula is C15H28N2O2. The van der Waals surface area contributed by atoms with Crippen LogP contribution in [0.25, 0.3) is 0 Å². The Morgan fingerprint density at radius 1 is 1.21 bits per heavy atom. The third-order valence-electron chi connectivity index (χ3n) is 4.83. The van der Waals surface area contributed by atoms with Crippen molar-refractivity contribution in [1.29, 1.82) is 0 Å². The monoisotopic (exact) mass is 268 g/mol. The number of likely N-dealkylation sites (N-methyl/N-ethyl adjacent to an activating group) is 2. The van der Waals surface area contributed by atoms with Crippen molar-refractivity contribution >= 4 is 5.91 Å². The number of hydrogen-bond acceptors (Lipinski definition) is 3. The highest BCUT2D eigenvalue weighted by molar-refractivity contribution is 5.78. The van der Waals surface area contributed by atoms with Gasteiger partial charge in [0.1, 0.15) is 0 Å². The summed E-state index contributed by atoms with van der Waals surface area (Å²) in [6.45, 7) is 2.01. The van der Waals surface area contributed by atoms with Crippen molar-refractivity contribution in [3.8, 4) is 0 Å². The molecule has 1 aliphatic carbocycles. The van der Waals surface area contributed by atoms with Gasteiger partial charge in [0.15, 0.2) is 0 Å². The lowest BCUT2D eigenvalue weighted by atomic mass is 9.86. The number of aliphatic hydroxyl groups is 1. The van der Waals surface area contributed by atoms with E-state index in [0.29, 0.717) is 6.04 Å². The highest BCUT2D eigenvalue weighted by Crippen LogP contribution is 2.26. The Hall–Kier alpha value is -0.610. The minimum Gasteiger partial charge on any atom is -0.393 e. The van der Waals surface area contributed by atoms with Gasteiger partial charge in [-0.15, -0.1) is 0 Å². The van der Waals surface area contributed by atoms with E-state index in [4.69, 9.17) is 0 Å². The highest BCUT2D eigenvalue weighted by Gasteiger charge is 2.29. The normalized spacial score (nSPS) is 33.1. The van der Waals surface area contributed by atoms with Crippen LogP contribution in [0.1, 0.15) is 44.9 Å². The minimum atomic E-state index is -0.182. The van der Waals surface area contributed by atoms with Crippen LogP contribution < -0.4 is 0 Å². The molecule has 1 aliphatic heterocycles. The van der Waals surface area contributed by atoms with Crippen LogP contribution in [0.3, 0.4) is 0 Å². The Kier molecular flexibility index (Phi) is 5.22. The maximum absolute atomic E-state index is 12.4. The second kappa shape index (κ2) is 6.71. The number of rotatable bonds is 3. The van der Waals surface area contributed by atoms with Gasteiger partial charge >= 0.3 is 0 Å². The number of carbonyl (C=O) groups is 1. The molecule has 19 heavy (non-hydrogen) atoms. The van der Waals surface area contributed by atoms with E-state index in [-0.39, 0.29) is 17.9 Å². The molecule has 0 spiro atoms. The van der Waals surface area contributed by atoms with Crippen LogP contribution in [0.15, 0.2) is 0 Å². The van der Waals surface area contributed by atoms with Crippen molar-refractivity contribution in [1.82, 2.24) is 9.80 Å². The molecule has 1 atom stereocenters. The zero-order valence-electron chi connectivity index (χ0n) is 12.3. The average molecular weight is 268 g/mol. The summed E-state index contributed by atoms with van der Waals surface area (Å²) in [6, 6.07) is 0.525. The van der Waals surface area contributed by atoms with Crippen LogP contribution in [0, 0.1) is 5.92 Å². The number of piperidine rings is 1. The van der Waals surface area contributed by atoms with Gasteiger partial charge in [-0.2, -0.15) is 0 Å². The third kappa shape index (κ3) is 3.93. The molecular weight excluding hydrogens is 240 g/mol. The fourth-order valence-electron chi connectivity index (χ4n) is 3.42. The molecule has 0 radical (unpaired) electrons. The molecule has 110 valence electrons. The molecule has 1 saturated carbocycles. The van der Waals surface area contributed by atoms with Gasteiger partial charge in [0.25, 0.3) is 0 Å². The second-order valence-corrected chi connectivity index (χ2v) is 6.35. The molecule has 0 aromatic carbocycles. The predicted molar refractivity (Wildman–Crippen MR) is 75.9 cm³/mol. The third-order valence-corrected chi connectivity index (χ3v) is 4.83. The molecule has 2 fully saturated rings. The first-order valence-corrected chi connectivity index (χ1v) is 7.71. The van der Waals surface area contributed by atoms with Gasteiger partial charge < -0.3 is 14.9 Å². The van der Waals surface area contributed by atoms with Crippen molar-refractivity contribution in [2.24, 2.45) is 5.92 Å². The van der Waals surface area contributed by atoms with Crippen molar-refractivity contribution in [3.05, 3.63) is 0 Å². The number of amides is 1. The first-order valence-electron chi connectivity index (χ1n) is 7.71. The maximum Gasteiger partial charge on any atom is 0.225 e. The first-order chi connectivity index (χ1) is 9.08. The molecule has 1 N–H and O–H groups in total. The average Bonchev–Trinajstić information content (AvgIpc) is 2.41. The lowest BCUT2D eigenvalue weighted by molar-refractivity contribution is -0.136. The van der Waals surface area contributed by atoms with Crippen molar-refractivity contribution in [2.75, 3.05) is 27.2 Å². The van der Waals surface area contributed by atoms with Gasteiger partial charge in [-0.1, -0.05) is 6.42 Å². The lowest BCUT2D eigenvalue weighted by Gasteiger charge is -2.36. The van der Waals surface area contributed by atoms with E-state index >= 15 is 0 Å². The molecule has 2 aliphatic rings. The molecule has 1 heterocycles. The van der Waals surface area contributed by atoms with E-state index in [9.17, 15) is 9.90 Å². The summed E-state index contributed by atoms with van der Waals surface area (Å²) in [5, 5.41) is 9.51. The summed E-state index contributed by atoms with van der Waals surface area (Å²) in [5.41, 5.74) is 0. The fraction of sp³-hybridized carbons (Fsp3) is 0.933. The summed E-state index contributed by atoms with van der Waals surface area (Å²) in [6.07, 6.45) is 6.87. The van der Waals surface area contributed by atoms with Gasteiger partial charge in [0, 0.05) is 25.6 Å². The van der Waals surface area contributed by atoms with Crippen LogP contribution in [0.5, 0.6) is 0 Å². The Morgan fingerprint density at radius 2 is 1.89 bits per heavy atom. The fourth-order valence-corrected chi connectivity index (χ4v) is 3.42. The molecule has 2 rings (SSSR count). The first kappa shape index (κ1) is 14.8. The SMILES string of the molecule is CN(C[C@H]1CCCCN1C)C(=O)C1CCC(O)CC1. The van der Waals surface area contributed by atoms with E-state index < -0.39 is 0 Å². The van der Waals surface area contributed by atoms with E-state index in [1.165, 1.54) is 19.3 Å². The molecule has 0 unspecified atom stereocenters. The number of hydrogen-bond donors (Lipinski definition) is 1. The molecule has 0 aromatic heterocycles. The van der Waals surface area contributed by atoms with E-state index in [0.717, 1.165) is 38.8 Å². The topological polar surface area (TPSA) is 43.8 Å². The molecule has 1 saturated heterocycles. The van der Waals surface area contributed by atoms with Gasteiger partial charge in [0.05, 0.1) is 6.10 Å².